The van der Waals surface area contributed by atoms with Crippen LogP contribution in [0, 0.1) is 0 Å². The Labute approximate surface area is 102 Å². The van der Waals surface area contributed by atoms with Crippen molar-refractivity contribution >= 4 is 11.3 Å². The van der Waals surface area contributed by atoms with Gasteiger partial charge < -0.3 is 10.2 Å². The Bertz CT molecular complexity index is 374. The molecule has 0 bridgehead atoms. The van der Waals surface area contributed by atoms with Gasteiger partial charge in [-0.1, -0.05) is 6.92 Å². The van der Waals surface area contributed by atoms with E-state index in [1.165, 1.54) is 38.9 Å². The summed E-state index contributed by atoms with van der Waals surface area (Å²) in [5.74, 6) is 0. The van der Waals surface area contributed by atoms with E-state index in [1.54, 1.807) is 10.4 Å². The Morgan fingerprint density at radius 1 is 1.56 bits per heavy atom. The fourth-order valence-corrected chi connectivity index (χ4v) is 4.35. The van der Waals surface area contributed by atoms with Gasteiger partial charge in [0.25, 0.3) is 0 Å². The van der Waals surface area contributed by atoms with Crippen molar-refractivity contribution in [3.8, 4) is 0 Å². The van der Waals surface area contributed by atoms with E-state index in [0.717, 1.165) is 6.54 Å². The van der Waals surface area contributed by atoms with Crippen LogP contribution in [0.25, 0.3) is 0 Å². The lowest BCUT2D eigenvalue weighted by Gasteiger charge is -2.35. The van der Waals surface area contributed by atoms with Crippen LogP contribution < -0.4 is 5.32 Å². The Kier molecular flexibility index (Phi) is 2.78. The molecule has 88 valence electrons. The summed E-state index contributed by atoms with van der Waals surface area (Å²) in [4.78, 5) is 4.24. The monoisotopic (exact) mass is 236 g/mol. The summed E-state index contributed by atoms with van der Waals surface area (Å²) in [7, 11) is 0. The molecule has 0 amide bonds. The summed E-state index contributed by atoms with van der Waals surface area (Å²) in [6, 6.07) is 2.32. The highest BCUT2D eigenvalue weighted by molar-refractivity contribution is 7.10. The molecule has 1 atom stereocenters. The third-order valence-corrected chi connectivity index (χ3v) is 5.09. The summed E-state index contributed by atoms with van der Waals surface area (Å²) in [6.45, 7) is 7.16. The molecule has 0 aliphatic carbocycles. The van der Waals surface area contributed by atoms with Crippen molar-refractivity contribution < 1.29 is 0 Å². The standard InChI is InChI=1S/C13H20N2S/c1-2-7-15-8-5-13(10-15)12-11(3-6-14-13)4-9-16-12/h4,9,14H,2-3,5-8,10H2,1H3. The van der Waals surface area contributed by atoms with Crippen LogP contribution in [-0.4, -0.2) is 31.1 Å². The molecule has 16 heavy (non-hydrogen) atoms. The molecule has 3 heterocycles. The molecule has 2 aliphatic heterocycles. The zero-order valence-corrected chi connectivity index (χ0v) is 10.8. The maximum atomic E-state index is 3.79. The number of likely N-dealkylation sites (tertiary alicyclic amines) is 1. The third kappa shape index (κ3) is 1.62. The maximum Gasteiger partial charge on any atom is 0.0672 e. The first kappa shape index (κ1) is 10.8. The van der Waals surface area contributed by atoms with Crippen molar-refractivity contribution in [1.82, 2.24) is 10.2 Å². The van der Waals surface area contributed by atoms with E-state index >= 15 is 0 Å². The van der Waals surface area contributed by atoms with E-state index in [9.17, 15) is 0 Å². The lowest BCUT2D eigenvalue weighted by Crippen LogP contribution is -2.48. The van der Waals surface area contributed by atoms with Crippen LogP contribution >= 0.6 is 11.3 Å². The Hall–Kier alpha value is -0.380. The van der Waals surface area contributed by atoms with Crippen LogP contribution in [0.4, 0.5) is 0 Å². The van der Waals surface area contributed by atoms with Gasteiger partial charge in [0, 0.05) is 24.5 Å². The number of fused-ring (bicyclic) bond motifs is 2. The van der Waals surface area contributed by atoms with E-state index in [0.29, 0.717) is 5.54 Å². The molecule has 1 aromatic heterocycles. The van der Waals surface area contributed by atoms with Gasteiger partial charge in [0.05, 0.1) is 5.54 Å². The highest BCUT2D eigenvalue weighted by Crippen LogP contribution is 2.39. The van der Waals surface area contributed by atoms with Crippen molar-refractivity contribution in [1.29, 1.82) is 0 Å². The molecule has 1 unspecified atom stereocenters. The summed E-state index contributed by atoms with van der Waals surface area (Å²) in [5.41, 5.74) is 1.90. The van der Waals surface area contributed by atoms with Gasteiger partial charge >= 0.3 is 0 Å². The van der Waals surface area contributed by atoms with Gasteiger partial charge in [-0.3, -0.25) is 0 Å². The average Bonchev–Trinajstić information content (AvgIpc) is 2.88. The number of nitrogens with zero attached hydrogens (tertiary/aromatic N) is 1. The fraction of sp³-hybridized carbons (Fsp3) is 0.692. The molecule has 0 saturated carbocycles. The lowest BCUT2D eigenvalue weighted by atomic mass is 9.89. The van der Waals surface area contributed by atoms with Crippen molar-refractivity contribution in [3.05, 3.63) is 21.9 Å². The molecular formula is C13H20N2S. The zero-order valence-electron chi connectivity index (χ0n) is 9.96. The predicted octanol–water partition coefficient (Wildman–Crippen LogP) is 2.20. The summed E-state index contributed by atoms with van der Waals surface area (Å²) in [5, 5.41) is 6.06. The zero-order chi connectivity index (χ0) is 11.0. The molecular weight excluding hydrogens is 216 g/mol. The SMILES string of the molecule is CCCN1CCC2(C1)NCCc1ccsc12. The largest absolute Gasteiger partial charge is 0.305 e. The van der Waals surface area contributed by atoms with Crippen LogP contribution in [0.2, 0.25) is 0 Å². The van der Waals surface area contributed by atoms with Gasteiger partial charge in [-0.05, 0) is 42.8 Å². The molecule has 1 fully saturated rings. The molecule has 1 saturated heterocycles. The Morgan fingerprint density at radius 3 is 3.38 bits per heavy atom. The molecule has 0 aromatic carbocycles. The molecule has 1 aromatic rings. The van der Waals surface area contributed by atoms with E-state index in [1.807, 2.05) is 11.3 Å². The van der Waals surface area contributed by atoms with E-state index in [4.69, 9.17) is 0 Å². The summed E-state index contributed by atoms with van der Waals surface area (Å²) < 4.78 is 0. The Balaban J connectivity index is 1.86. The third-order valence-electron chi connectivity index (χ3n) is 3.93. The molecule has 0 radical (unpaired) electrons. The molecule has 3 rings (SSSR count). The first-order valence-electron chi connectivity index (χ1n) is 6.38. The molecule has 1 spiro atoms. The first-order chi connectivity index (χ1) is 7.84. The van der Waals surface area contributed by atoms with Crippen molar-refractivity contribution in [2.75, 3.05) is 26.2 Å². The average molecular weight is 236 g/mol. The second-order valence-electron chi connectivity index (χ2n) is 5.06. The van der Waals surface area contributed by atoms with Gasteiger partial charge in [-0.25, -0.2) is 0 Å². The van der Waals surface area contributed by atoms with Crippen molar-refractivity contribution in [2.24, 2.45) is 0 Å². The number of rotatable bonds is 2. The number of thiophene rings is 1. The van der Waals surface area contributed by atoms with Crippen LogP contribution in [0.1, 0.15) is 30.2 Å². The van der Waals surface area contributed by atoms with Gasteiger partial charge in [0.15, 0.2) is 0 Å². The molecule has 2 aliphatic rings. The van der Waals surface area contributed by atoms with Crippen LogP contribution in [0.5, 0.6) is 0 Å². The number of nitrogens with one attached hydrogen (secondary N) is 1. The van der Waals surface area contributed by atoms with Crippen molar-refractivity contribution in [2.45, 2.75) is 31.7 Å². The van der Waals surface area contributed by atoms with Crippen LogP contribution in [-0.2, 0) is 12.0 Å². The molecule has 2 nitrogen and oxygen atoms in total. The Morgan fingerprint density at radius 2 is 2.50 bits per heavy atom. The minimum Gasteiger partial charge on any atom is -0.305 e. The lowest BCUT2D eigenvalue weighted by molar-refractivity contribution is 0.278. The minimum atomic E-state index is 0.302. The number of hydrogen-bond donors (Lipinski definition) is 1. The normalized spacial score (nSPS) is 29.8. The topological polar surface area (TPSA) is 15.3 Å². The van der Waals surface area contributed by atoms with Gasteiger partial charge in [0.1, 0.15) is 0 Å². The van der Waals surface area contributed by atoms with Gasteiger partial charge in [0.2, 0.25) is 0 Å². The highest BCUT2D eigenvalue weighted by Gasteiger charge is 2.42. The van der Waals surface area contributed by atoms with Gasteiger partial charge in [-0.2, -0.15) is 0 Å². The van der Waals surface area contributed by atoms with Crippen LogP contribution in [0.15, 0.2) is 11.4 Å². The summed E-state index contributed by atoms with van der Waals surface area (Å²) in [6.07, 6.45) is 3.78. The predicted molar refractivity (Wildman–Crippen MR) is 69.1 cm³/mol. The fourth-order valence-electron chi connectivity index (χ4n) is 3.19. The van der Waals surface area contributed by atoms with E-state index in [2.05, 4.69) is 28.6 Å². The summed E-state index contributed by atoms with van der Waals surface area (Å²) >= 11 is 1.95. The molecule has 3 heteroatoms. The first-order valence-corrected chi connectivity index (χ1v) is 7.26. The molecule has 1 N–H and O–H groups in total. The second kappa shape index (κ2) is 4.13. The van der Waals surface area contributed by atoms with Gasteiger partial charge in [-0.15, -0.1) is 11.3 Å². The second-order valence-corrected chi connectivity index (χ2v) is 5.98. The van der Waals surface area contributed by atoms with E-state index < -0.39 is 0 Å². The van der Waals surface area contributed by atoms with Crippen LogP contribution in [0.3, 0.4) is 0 Å². The quantitative estimate of drug-likeness (QED) is 0.847. The highest BCUT2D eigenvalue weighted by atomic mass is 32.1. The number of hydrogen-bond acceptors (Lipinski definition) is 3. The van der Waals surface area contributed by atoms with Crippen molar-refractivity contribution in [3.63, 3.8) is 0 Å². The smallest absolute Gasteiger partial charge is 0.0672 e. The van der Waals surface area contributed by atoms with E-state index in [-0.39, 0.29) is 0 Å². The minimum absolute atomic E-state index is 0.302. The maximum absolute atomic E-state index is 3.79.